The lowest BCUT2D eigenvalue weighted by atomic mass is 10.0. The molecule has 16 heavy (non-hydrogen) atoms. The molecule has 0 aromatic heterocycles. The Balaban J connectivity index is 2.05. The van der Waals surface area contributed by atoms with Crippen molar-refractivity contribution in [2.45, 2.75) is 31.4 Å². The van der Waals surface area contributed by atoms with Gasteiger partial charge in [-0.05, 0) is 46.8 Å². The molecule has 1 aromatic rings. The van der Waals surface area contributed by atoms with Gasteiger partial charge < -0.3 is 10.5 Å². The summed E-state index contributed by atoms with van der Waals surface area (Å²) in [6.45, 7) is 0.794. The highest BCUT2D eigenvalue weighted by Gasteiger charge is 2.23. The minimum Gasteiger partial charge on any atom is -0.377 e. The molecule has 2 rings (SSSR count). The summed E-state index contributed by atoms with van der Waals surface area (Å²) in [7, 11) is 0. The van der Waals surface area contributed by atoms with Gasteiger partial charge >= 0.3 is 0 Å². The molecular weight excluding hydrogens is 273 g/mol. The lowest BCUT2D eigenvalue weighted by Gasteiger charge is -2.19. The zero-order valence-electron chi connectivity index (χ0n) is 8.96. The van der Waals surface area contributed by atoms with Gasteiger partial charge in [0.1, 0.15) is 5.82 Å². The van der Waals surface area contributed by atoms with Crippen molar-refractivity contribution in [2.24, 2.45) is 5.73 Å². The number of rotatable bonds is 3. The molecule has 0 spiro atoms. The zero-order chi connectivity index (χ0) is 11.5. The standard InChI is InChI=1S/C12H15BrFNO/c13-12-8(3-1-4-9(12)14)7-10(15)11-5-2-6-16-11/h1,3-4,10-11H,2,5-7,15H2. The van der Waals surface area contributed by atoms with Crippen molar-refractivity contribution in [3.8, 4) is 0 Å². The molecule has 0 amide bonds. The average Bonchev–Trinajstić information content (AvgIpc) is 2.78. The molecule has 0 bridgehead atoms. The summed E-state index contributed by atoms with van der Waals surface area (Å²) in [4.78, 5) is 0. The normalized spacial score (nSPS) is 22.3. The van der Waals surface area contributed by atoms with Crippen LogP contribution in [0.5, 0.6) is 0 Å². The molecule has 1 aliphatic rings. The second kappa shape index (κ2) is 5.25. The summed E-state index contributed by atoms with van der Waals surface area (Å²) in [6, 6.07) is 4.98. The number of halogens is 2. The molecule has 1 saturated heterocycles. The Morgan fingerprint density at radius 1 is 1.56 bits per heavy atom. The van der Waals surface area contributed by atoms with Crippen LogP contribution in [0.15, 0.2) is 22.7 Å². The molecule has 4 heteroatoms. The first-order valence-corrected chi connectivity index (χ1v) is 6.28. The van der Waals surface area contributed by atoms with Gasteiger partial charge in [-0.3, -0.25) is 0 Å². The smallest absolute Gasteiger partial charge is 0.137 e. The van der Waals surface area contributed by atoms with Crippen molar-refractivity contribution in [1.29, 1.82) is 0 Å². The van der Waals surface area contributed by atoms with E-state index in [1.807, 2.05) is 6.07 Å². The van der Waals surface area contributed by atoms with Crippen molar-refractivity contribution in [2.75, 3.05) is 6.61 Å². The van der Waals surface area contributed by atoms with Crippen LogP contribution in [0, 0.1) is 5.82 Å². The summed E-state index contributed by atoms with van der Waals surface area (Å²) >= 11 is 3.25. The van der Waals surface area contributed by atoms with E-state index in [2.05, 4.69) is 15.9 Å². The van der Waals surface area contributed by atoms with Crippen molar-refractivity contribution >= 4 is 15.9 Å². The summed E-state index contributed by atoms with van der Waals surface area (Å²) in [5, 5.41) is 0. The maximum Gasteiger partial charge on any atom is 0.137 e. The minimum absolute atomic E-state index is 0.0550. The third kappa shape index (κ3) is 2.62. The van der Waals surface area contributed by atoms with Crippen molar-refractivity contribution in [3.63, 3.8) is 0 Å². The SMILES string of the molecule is NC(Cc1cccc(F)c1Br)C1CCCO1. The molecule has 1 fully saturated rings. The summed E-state index contributed by atoms with van der Waals surface area (Å²) in [5.74, 6) is -0.239. The van der Waals surface area contributed by atoms with Crippen LogP contribution in [-0.2, 0) is 11.2 Å². The molecule has 1 aromatic carbocycles. The highest BCUT2D eigenvalue weighted by molar-refractivity contribution is 9.10. The van der Waals surface area contributed by atoms with Crippen LogP contribution >= 0.6 is 15.9 Å². The maximum atomic E-state index is 13.3. The molecule has 2 nitrogen and oxygen atoms in total. The predicted octanol–water partition coefficient (Wildman–Crippen LogP) is 2.64. The first kappa shape index (κ1) is 12.0. The molecule has 1 aliphatic heterocycles. The van der Waals surface area contributed by atoms with E-state index >= 15 is 0 Å². The molecule has 0 radical (unpaired) electrons. The van der Waals surface area contributed by atoms with E-state index in [4.69, 9.17) is 10.5 Å². The van der Waals surface area contributed by atoms with E-state index in [1.165, 1.54) is 6.07 Å². The Labute approximate surface area is 103 Å². The fraction of sp³-hybridized carbons (Fsp3) is 0.500. The van der Waals surface area contributed by atoms with E-state index in [-0.39, 0.29) is 18.0 Å². The van der Waals surface area contributed by atoms with E-state index in [9.17, 15) is 4.39 Å². The van der Waals surface area contributed by atoms with Gasteiger partial charge in [-0.1, -0.05) is 12.1 Å². The van der Waals surface area contributed by atoms with Gasteiger partial charge in [0.15, 0.2) is 0 Å². The Kier molecular flexibility index (Phi) is 3.95. The lowest BCUT2D eigenvalue weighted by molar-refractivity contribution is 0.0899. The highest BCUT2D eigenvalue weighted by atomic mass is 79.9. The molecule has 2 atom stereocenters. The van der Waals surface area contributed by atoms with Crippen LogP contribution in [-0.4, -0.2) is 18.8 Å². The average molecular weight is 288 g/mol. The summed E-state index contributed by atoms with van der Waals surface area (Å²) in [5.41, 5.74) is 6.97. The Morgan fingerprint density at radius 2 is 2.38 bits per heavy atom. The third-order valence-corrected chi connectivity index (χ3v) is 3.82. The number of ether oxygens (including phenoxy) is 1. The fourth-order valence-corrected chi connectivity index (χ4v) is 2.46. The highest BCUT2D eigenvalue weighted by Crippen LogP contribution is 2.24. The van der Waals surface area contributed by atoms with Crippen LogP contribution in [0.1, 0.15) is 18.4 Å². The quantitative estimate of drug-likeness (QED) is 0.928. The van der Waals surface area contributed by atoms with Crippen LogP contribution < -0.4 is 5.73 Å². The van der Waals surface area contributed by atoms with E-state index in [0.717, 1.165) is 25.0 Å². The van der Waals surface area contributed by atoms with Crippen LogP contribution in [0.4, 0.5) is 4.39 Å². The number of benzene rings is 1. The van der Waals surface area contributed by atoms with Gasteiger partial charge in [0.25, 0.3) is 0 Å². The maximum absolute atomic E-state index is 13.3. The molecule has 0 saturated carbocycles. The van der Waals surface area contributed by atoms with E-state index in [0.29, 0.717) is 10.9 Å². The minimum atomic E-state index is -0.239. The predicted molar refractivity (Wildman–Crippen MR) is 64.8 cm³/mol. The monoisotopic (exact) mass is 287 g/mol. The number of nitrogens with two attached hydrogens (primary N) is 1. The van der Waals surface area contributed by atoms with Crippen molar-refractivity contribution in [1.82, 2.24) is 0 Å². The summed E-state index contributed by atoms with van der Waals surface area (Å²) in [6.07, 6.45) is 2.84. The second-order valence-electron chi connectivity index (χ2n) is 4.13. The largest absolute Gasteiger partial charge is 0.377 e. The zero-order valence-corrected chi connectivity index (χ0v) is 10.5. The molecule has 1 heterocycles. The van der Waals surface area contributed by atoms with Gasteiger partial charge in [-0.2, -0.15) is 0 Å². The first-order chi connectivity index (χ1) is 7.68. The van der Waals surface area contributed by atoms with Crippen LogP contribution in [0.25, 0.3) is 0 Å². The topological polar surface area (TPSA) is 35.2 Å². The van der Waals surface area contributed by atoms with Gasteiger partial charge in [0, 0.05) is 12.6 Å². The molecule has 2 unspecified atom stereocenters. The molecule has 0 aliphatic carbocycles. The second-order valence-corrected chi connectivity index (χ2v) is 4.93. The fourth-order valence-electron chi connectivity index (χ4n) is 2.03. The number of hydrogen-bond acceptors (Lipinski definition) is 2. The third-order valence-electron chi connectivity index (χ3n) is 2.93. The van der Waals surface area contributed by atoms with E-state index in [1.54, 1.807) is 6.07 Å². The number of hydrogen-bond donors (Lipinski definition) is 1. The molecular formula is C12H15BrFNO. The van der Waals surface area contributed by atoms with Gasteiger partial charge in [-0.25, -0.2) is 4.39 Å². The van der Waals surface area contributed by atoms with Gasteiger partial charge in [0.05, 0.1) is 10.6 Å². The first-order valence-electron chi connectivity index (χ1n) is 5.48. The van der Waals surface area contributed by atoms with Crippen LogP contribution in [0.2, 0.25) is 0 Å². The van der Waals surface area contributed by atoms with Crippen molar-refractivity contribution < 1.29 is 9.13 Å². The molecule has 2 N–H and O–H groups in total. The van der Waals surface area contributed by atoms with E-state index < -0.39 is 0 Å². The van der Waals surface area contributed by atoms with Crippen molar-refractivity contribution in [3.05, 3.63) is 34.1 Å². The van der Waals surface area contributed by atoms with Gasteiger partial charge in [0.2, 0.25) is 0 Å². The van der Waals surface area contributed by atoms with Gasteiger partial charge in [-0.15, -0.1) is 0 Å². The summed E-state index contributed by atoms with van der Waals surface area (Å²) < 4.78 is 19.3. The van der Waals surface area contributed by atoms with Crippen LogP contribution in [0.3, 0.4) is 0 Å². The Hall–Kier alpha value is -0.450. The lowest BCUT2D eigenvalue weighted by Crippen LogP contribution is -2.36. The Morgan fingerprint density at radius 3 is 3.06 bits per heavy atom. The molecule has 88 valence electrons. The Bertz CT molecular complexity index is 366.